The predicted octanol–water partition coefficient (Wildman–Crippen LogP) is 0.535. The monoisotopic (exact) mass is 328 g/mol. The summed E-state index contributed by atoms with van der Waals surface area (Å²) in [5, 5.41) is 3.78. The molecule has 0 bridgehead atoms. The number of primary amides is 2. The van der Waals surface area contributed by atoms with Gasteiger partial charge in [-0.05, 0) is 32.7 Å². The van der Waals surface area contributed by atoms with Crippen molar-refractivity contribution in [2.24, 2.45) is 11.5 Å². The molecule has 0 saturated carbocycles. The molecule has 1 aliphatic heterocycles. The zero-order chi connectivity index (χ0) is 16.1. The number of nitrogens with one attached hydrogen (secondary N) is 1. The summed E-state index contributed by atoms with van der Waals surface area (Å²) in [4.78, 5) is 26.5. The number of carbonyl (C=O) groups is 2. The van der Waals surface area contributed by atoms with Crippen molar-refractivity contribution in [3.05, 3.63) is 10.6 Å². The molecule has 2 rings (SSSR count). The first-order valence-electron chi connectivity index (χ1n) is 7.05. The second-order valence-corrected chi connectivity index (χ2v) is 6.09. The van der Waals surface area contributed by atoms with Crippen LogP contribution < -0.4 is 21.5 Å². The first-order valence-corrected chi connectivity index (χ1v) is 7.87. The number of amides is 2. The van der Waals surface area contributed by atoms with Gasteiger partial charge in [-0.2, -0.15) is 0 Å². The van der Waals surface area contributed by atoms with Crippen LogP contribution in [0.1, 0.15) is 34.6 Å². The van der Waals surface area contributed by atoms with Gasteiger partial charge in [-0.1, -0.05) is 11.3 Å². The standard InChI is InChI=1S/C13H20N4O4S/c1-7-10(11(14)18)22-13(17-7)20-5-3-8-6-9(2-4-16-8)21-12(15)19/h8-9,16H,2-6H2,1H3,(H2,14,18)(H2,15,19). The highest BCUT2D eigenvalue weighted by atomic mass is 32.1. The molecule has 5 N–H and O–H groups in total. The summed E-state index contributed by atoms with van der Waals surface area (Å²) in [6.07, 6.45) is 1.32. The first-order chi connectivity index (χ1) is 10.5. The van der Waals surface area contributed by atoms with Gasteiger partial charge in [-0.15, -0.1) is 0 Å². The lowest BCUT2D eigenvalue weighted by Crippen LogP contribution is -2.43. The van der Waals surface area contributed by atoms with Gasteiger partial charge in [0.25, 0.3) is 11.1 Å². The van der Waals surface area contributed by atoms with Crippen LogP contribution in [-0.4, -0.2) is 42.3 Å². The predicted molar refractivity (Wildman–Crippen MR) is 81.0 cm³/mol. The van der Waals surface area contributed by atoms with Crippen LogP contribution in [0.25, 0.3) is 0 Å². The number of hydrogen-bond acceptors (Lipinski definition) is 7. The lowest BCUT2D eigenvalue weighted by molar-refractivity contribution is 0.0723. The van der Waals surface area contributed by atoms with Crippen LogP contribution in [-0.2, 0) is 4.74 Å². The smallest absolute Gasteiger partial charge is 0.404 e. The SMILES string of the molecule is Cc1nc(OCCC2CC(OC(N)=O)CCN2)sc1C(N)=O. The lowest BCUT2D eigenvalue weighted by atomic mass is 10.00. The topological polar surface area (TPSA) is 130 Å². The van der Waals surface area contributed by atoms with Crippen LogP contribution in [0, 0.1) is 6.92 Å². The van der Waals surface area contributed by atoms with Crippen LogP contribution in [0.2, 0.25) is 0 Å². The third-order valence-corrected chi connectivity index (χ3v) is 4.51. The van der Waals surface area contributed by atoms with Gasteiger partial charge in [0.2, 0.25) is 0 Å². The van der Waals surface area contributed by atoms with Crippen LogP contribution >= 0.6 is 11.3 Å². The number of rotatable bonds is 6. The Morgan fingerprint density at radius 3 is 2.86 bits per heavy atom. The third kappa shape index (κ3) is 4.57. The number of ether oxygens (including phenoxy) is 2. The second-order valence-electron chi connectivity index (χ2n) is 5.13. The molecule has 1 aromatic rings. The van der Waals surface area contributed by atoms with E-state index in [1.54, 1.807) is 6.92 Å². The van der Waals surface area contributed by atoms with E-state index in [0.29, 0.717) is 28.8 Å². The Balaban J connectivity index is 1.77. The number of nitrogens with two attached hydrogens (primary N) is 2. The highest BCUT2D eigenvalue weighted by molar-refractivity contribution is 7.15. The Morgan fingerprint density at radius 2 is 2.23 bits per heavy atom. The van der Waals surface area contributed by atoms with Crippen molar-refractivity contribution in [2.45, 2.75) is 38.3 Å². The molecule has 22 heavy (non-hydrogen) atoms. The average Bonchev–Trinajstić information content (AvgIpc) is 2.80. The minimum Gasteiger partial charge on any atom is -0.470 e. The van der Waals surface area contributed by atoms with Crippen LogP contribution in [0.4, 0.5) is 4.79 Å². The van der Waals surface area contributed by atoms with Crippen molar-refractivity contribution in [2.75, 3.05) is 13.2 Å². The van der Waals surface area contributed by atoms with E-state index in [1.807, 2.05) is 0 Å². The number of nitrogens with zero attached hydrogens (tertiary/aromatic N) is 1. The van der Waals surface area contributed by atoms with Crippen molar-refractivity contribution in [3.63, 3.8) is 0 Å². The number of piperidine rings is 1. The Kier molecular flexibility index (Phi) is 5.56. The van der Waals surface area contributed by atoms with Crippen molar-refractivity contribution >= 4 is 23.3 Å². The molecule has 0 aromatic carbocycles. The molecule has 1 aromatic heterocycles. The van der Waals surface area contributed by atoms with Crippen molar-refractivity contribution in [1.82, 2.24) is 10.3 Å². The molecule has 0 aliphatic carbocycles. The Bertz CT molecular complexity index is 548. The fraction of sp³-hybridized carbons (Fsp3) is 0.615. The van der Waals surface area contributed by atoms with Crippen molar-refractivity contribution < 1.29 is 19.1 Å². The maximum atomic E-state index is 11.2. The van der Waals surface area contributed by atoms with E-state index in [9.17, 15) is 9.59 Å². The minimum absolute atomic E-state index is 0.146. The molecular formula is C13H20N4O4S. The molecular weight excluding hydrogens is 308 g/mol. The summed E-state index contributed by atoms with van der Waals surface area (Å²) in [6.45, 7) is 2.94. The molecule has 8 nitrogen and oxygen atoms in total. The molecule has 0 spiro atoms. The number of aromatic nitrogens is 1. The van der Waals surface area contributed by atoms with Crippen LogP contribution in [0.3, 0.4) is 0 Å². The summed E-state index contributed by atoms with van der Waals surface area (Å²) < 4.78 is 10.6. The van der Waals surface area contributed by atoms with Crippen LogP contribution in [0.5, 0.6) is 5.19 Å². The van der Waals surface area contributed by atoms with E-state index in [1.165, 1.54) is 0 Å². The number of thiazole rings is 1. The second kappa shape index (κ2) is 7.41. The maximum absolute atomic E-state index is 11.2. The molecule has 0 radical (unpaired) electrons. The largest absolute Gasteiger partial charge is 0.470 e. The van der Waals surface area contributed by atoms with E-state index >= 15 is 0 Å². The van der Waals surface area contributed by atoms with E-state index in [0.717, 1.165) is 30.7 Å². The van der Waals surface area contributed by atoms with Crippen LogP contribution in [0.15, 0.2) is 0 Å². The summed E-state index contributed by atoms with van der Waals surface area (Å²) in [5.74, 6) is -0.495. The number of hydrogen-bond donors (Lipinski definition) is 3. The Hall–Kier alpha value is -1.87. The van der Waals surface area contributed by atoms with Crippen molar-refractivity contribution in [3.8, 4) is 5.19 Å². The number of carbonyl (C=O) groups excluding carboxylic acids is 2. The fourth-order valence-corrected chi connectivity index (χ4v) is 3.20. The van der Waals surface area contributed by atoms with Gasteiger partial charge in [-0.25, -0.2) is 9.78 Å². The highest BCUT2D eigenvalue weighted by Crippen LogP contribution is 2.24. The Morgan fingerprint density at radius 1 is 1.45 bits per heavy atom. The summed E-state index contributed by atoms with van der Waals surface area (Å²) in [5.41, 5.74) is 10.9. The first kappa shape index (κ1) is 16.5. The summed E-state index contributed by atoms with van der Waals surface area (Å²) in [7, 11) is 0. The zero-order valence-electron chi connectivity index (χ0n) is 12.3. The van der Waals surface area contributed by atoms with Gasteiger partial charge in [0.1, 0.15) is 11.0 Å². The molecule has 2 amide bonds. The summed E-state index contributed by atoms with van der Waals surface area (Å²) in [6, 6.07) is 0.190. The lowest BCUT2D eigenvalue weighted by Gasteiger charge is -2.29. The molecule has 2 heterocycles. The quantitative estimate of drug-likeness (QED) is 0.698. The molecule has 1 saturated heterocycles. The summed E-state index contributed by atoms with van der Waals surface area (Å²) >= 11 is 1.15. The number of aryl methyl sites for hydroxylation is 1. The molecule has 1 fully saturated rings. The van der Waals surface area contributed by atoms with Gasteiger partial charge in [0, 0.05) is 6.04 Å². The zero-order valence-corrected chi connectivity index (χ0v) is 13.1. The van der Waals surface area contributed by atoms with Gasteiger partial charge in [0.15, 0.2) is 0 Å². The third-order valence-electron chi connectivity index (χ3n) is 3.42. The molecule has 2 atom stereocenters. The molecule has 122 valence electrons. The van der Waals surface area contributed by atoms with E-state index in [4.69, 9.17) is 20.9 Å². The van der Waals surface area contributed by atoms with Gasteiger partial charge >= 0.3 is 6.09 Å². The molecule has 9 heteroatoms. The van der Waals surface area contributed by atoms with E-state index < -0.39 is 12.0 Å². The van der Waals surface area contributed by atoms with Gasteiger partial charge < -0.3 is 26.3 Å². The normalized spacial score (nSPS) is 21.3. The van der Waals surface area contributed by atoms with Gasteiger partial charge in [-0.3, -0.25) is 4.79 Å². The maximum Gasteiger partial charge on any atom is 0.404 e. The van der Waals surface area contributed by atoms with E-state index in [-0.39, 0.29) is 12.1 Å². The minimum atomic E-state index is -0.737. The molecule has 1 aliphatic rings. The average molecular weight is 328 g/mol. The fourth-order valence-electron chi connectivity index (χ4n) is 2.41. The van der Waals surface area contributed by atoms with E-state index in [2.05, 4.69) is 10.3 Å². The highest BCUT2D eigenvalue weighted by Gasteiger charge is 2.24. The van der Waals surface area contributed by atoms with Gasteiger partial charge in [0.05, 0.1) is 12.3 Å². The Labute approximate surface area is 132 Å². The van der Waals surface area contributed by atoms with Crippen molar-refractivity contribution in [1.29, 1.82) is 0 Å². The molecule has 2 unspecified atom stereocenters.